The molecule has 0 aliphatic carbocycles. The third-order valence-corrected chi connectivity index (χ3v) is 3.01. The summed E-state index contributed by atoms with van der Waals surface area (Å²) in [6.45, 7) is 5.37. The van der Waals surface area contributed by atoms with Crippen LogP contribution in [0.4, 0.5) is 0 Å². The largest absolute Gasteiger partial charge is 0.330 e. The molecule has 0 atom stereocenters. The van der Waals surface area contributed by atoms with Gasteiger partial charge in [-0.1, -0.05) is 0 Å². The molecule has 0 spiro atoms. The summed E-state index contributed by atoms with van der Waals surface area (Å²) in [5.41, 5.74) is 6.13. The smallest absolute Gasteiger partial charge is 0.0127 e. The van der Waals surface area contributed by atoms with Crippen molar-refractivity contribution in [2.75, 3.05) is 32.7 Å². The predicted octanol–water partition coefficient (Wildman–Crippen LogP) is -1.25. The molecule has 4 N–H and O–H groups in total. The molecule has 0 saturated carbocycles. The van der Waals surface area contributed by atoms with Crippen molar-refractivity contribution < 1.29 is 0 Å². The van der Waals surface area contributed by atoms with Gasteiger partial charge in [-0.15, -0.1) is 0 Å². The second kappa shape index (κ2) is 2.19. The average Bonchev–Trinajstić information content (AvgIpc) is 2.42. The molecule has 2 saturated heterocycles. The molecule has 0 unspecified atom stereocenters. The molecule has 3 nitrogen and oxygen atoms in total. The summed E-state index contributed by atoms with van der Waals surface area (Å²) in [7, 11) is 0. The molecule has 2 fully saturated rings. The molecule has 0 amide bonds. The highest BCUT2D eigenvalue weighted by atomic mass is 15.1. The third-order valence-electron chi connectivity index (χ3n) is 3.01. The van der Waals surface area contributed by atoms with E-state index in [0.29, 0.717) is 5.41 Å². The molecule has 58 valence electrons. The first-order valence-electron chi connectivity index (χ1n) is 3.99. The quantitative estimate of drug-likeness (QED) is 0.428. The minimum Gasteiger partial charge on any atom is -0.330 e. The maximum atomic E-state index is 5.73. The number of hydrogen-bond donors (Lipinski definition) is 3. The molecular weight excluding hydrogens is 126 g/mol. The topological polar surface area (TPSA) is 50.1 Å². The van der Waals surface area contributed by atoms with Crippen molar-refractivity contribution in [1.29, 1.82) is 0 Å². The molecule has 0 radical (unpaired) electrons. The Kier molecular flexibility index (Phi) is 1.44. The number of nitrogens with two attached hydrogens (primary N) is 1. The number of rotatable bonds is 1. The Morgan fingerprint density at radius 3 is 2.30 bits per heavy atom. The molecule has 10 heavy (non-hydrogen) atoms. The number of hydrogen-bond acceptors (Lipinski definition) is 3. The van der Waals surface area contributed by atoms with Crippen molar-refractivity contribution in [2.45, 2.75) is 0 Å². The van der Waals surface area contributed by atoms with E-state index in [1.807, 2.05) is 0 Å². The molecule has 3 heteroatoms. The van der Waals surface area contributed by atoms with Crippen molar-refractivity contribution in [1.82, 2.24) is 10.6 Å². The van der Waals surface area contributed by atoms with Crippen LogP contribution in [-0.4, -0.2) is 32.7 Å². The Labute approximate surface area is 61.4 Å². The van der Waals surface area contributed by atoms with Gasteiger partial charge < -0.3 is 16.4 Å². The summed E-state index contributed by atoms with van der Waals surface area (Å²) < 4.78 is 0. The van der Waals surface area contributed by atoms with Crippen LogP contribution in [0, 0.1) is 11.3 Å². The zero-order chi connectivity index (χ0) is 7.03. The normalized spacial score (nSPS) is 45.9. The molecule has 2 heterocycles. The van der Waals surface area contributed by atoms with E-state index in [-0.39, 0.29) is 0 Å². The Bertz CT molecular complexity index is 125. The van der Waals surface area contributed by atoms with E-state index in [0.717, 1.165) is 38.6 Å². The maximum absolute atomic E-state index is 5.73. The van der Waals surface area contributed by atoms with E-state index >= 15 is 0 Å². The second-order valence-electron chi connectivity index (χ2n) is 3.53. The lowest BCUT2D eigenvalue weighted by Gasteiger charge is -2.24. The van der Waals surface area contributed by atoms with Gasteiger partial charge in [0.2, 0.25) is 0 Å². The highest BCUT2D eigenvalue weighted by Crippen LogP contribution is 2.32. The summed E-state index contributed by atoms with van der Waals surface area (Å²) in [4.78, 5) is 0. The van der Waals surface area contributed by atoms with Crippen LogP contribution in [0.15, 0.2) is 0 Å². The van der Waals surface area contributed by atoms with Gasteiger partial charge in [0.25, 0.3) is 0 Å². The van der Waals surface area contributed by atoms with Crippen molar-refractivity contribution in [3.8, 4) is 0 Å². The molecule has 0 aromatic rings. The lowest BCUT2D eigenvalue weighted by Crippen LogP contribution is -2.38. The van der Waals surface area contributed by atoms with E-state index in [1.54, 1.807) is 0 Å². The fourth-order valence-electron chi connectivity index (χ4n) is 2.16. The van der Waals surface area contributed by atoms with Crippen LogP contribution < -0.4 is 16.4 Å². The zero-order valence-corrected chi connectivity index (χ0v) is 6.19. The fourth-order valence-corrected chi connectivity index (χ4v) is 2.16. The van der Waals surface area contributed by atoms with Gasteiger partial charge >= 0.3 is 0 Å². The Hall–Kier alpha value is -0.120. The first kappa shape index (κ1) is 6.58. The standard InChI is InChI=1S/C7H15N3/c8-3-7-4-9-1-6(7)2-10-5-7/h6,9-10H,1-5,8H2. The van der Waals surface area contributed by atoms with Gasteiger partial charge in [-0.3, -0.25) is 0 Å². The summed E-state index contributed by atoms with van der Waals surface area (Å²) in [6, 6.07) is 0. The van der Waals surface area contributed by atoms with Crippen LogP contribution in [-0.2, 0) is 0 Å². The van der Waals surface area contributed by atoms with E-state index in [1.165, 1.54) is 0 Å². The first-order valence-corrected chi connectivity index (χ1v) is 3.99. The van der Waals surface area contributed by atoms with E-state index in [2.05, 4.69) is 10.6 Å². The maximum Gasteiger partial charge on any atom is 0.0127 e. The average molecular weight is 141 g/mol. The van der Waals surface area contributed by atoms with E-state index < -0.39 is 0 Å². The third kappa shape index (κ3) is 0.713. The lowest BCUT2D eigenvalue weighted by atomic mass is 9.81. The van der Waals surface area contributed by atoms with Gasteiger partial charge in [0, 0.05) is 25.0 Å². The van der Waals surface area contributed by atoms with Crippen LogP contribution in [0.1, 0.15) is 0 Å². The monoisotopic (exact) mass is 141 g/mol. The van der Waals surface area contributed by atoms with Gasteiger partial charge in [-0.2, -0.15) is 0 Å². The predicted molar refractivity (Wildman–Crippen MR) is 40.7 cm³/mol. The molecule has 0 aromatic carbocycles. The van der Waals surface area contributed by atoms with Gasteiger partial charge in [-0.05, 0) is 19.0 Å². The summed E-state index contributed by atoms with van der Waals surface area (Å²) in [6.07, 6.45) is 0. The molecule has 2 rings (SSSR count). The van der Waals surface area contributed by atoms with Crippen LogP contribution in [0.3, 0.4) is 0 Å². The van der Waals surface area contributed by atoms with Crippen LogP contribution >= 0.6 is 0 Å². The van der Waals surface area contributed by atoms with Gasteiger partial charge in [0.05, 0.1) is 0 Å². The molecule has 2 aliphatic rings. The minimum atomic E-state index is 0.403. The van der Waals surface area contributed by atoms with Gasteiger partial charge in [-0.25, -0.2) is 0 Å². The Morgan fingerprint density at radius 1 is 1.30 bits per heavy atom. The van der Waals surface area contributed by atoms with Crippen molar-refractivity contribution >= 4 is 0 Å². The summed E-state index contributed by atoms with van der Waals surface area (Å²) in [5.74, 6) is 0.789. The van der Waals surface area contributed by atoms with Crippen LogP contribution in [0.25, 0.3) is 0 Å². The van der Waals surface area contributed by atoms with Crippen molar-refractivity contribution in [3.63, 3.8) is 0 Å². The van der Waals surface area contributed by atoms with Crippen molar-refractivity contribution in [2.24, 2.45) is 17.1 Å². The van der Waals surface area contributed by atoms with Crippen LogP contribution in [0.2, 0.25) is 0 Å². The van der Waals surface area contributed by atoms with Crippen LogP contribution in [0.5, 0.6) is 0 Å². The van der Waals surface area contributed by atoms with Gasteiger partial charge in [0.15, 0.2) is 0 Å². The molecule has 0 aromatic heterocycles. The Balaban J connectivity index is 2.15. The molecule has 2 aliphatic heterocycles. The zero-order valence-electron chi connectivity index (χ0n) is 6.19. The molecular formula is C7H15N3. The summed E-state index contributed by atoms with van der Waals surface area (Å²) in [5, 5.41) is 6.79. The lowest BCUT2D eigenvalue weighted by molar-refractivity contribution is 0.310. The molecule has 0 bridgehead atoms. The second-order valence-corrected chi connectivity index (χ2v) is 3.53. The first-order chi connectivity index (χ1) is 4.87. The van der Waals surface area contributed by atoms with Crippen molar-refractivity contribution in [3.05, 3.63) is 0 Å². The Morgan fingerprint density at radius 2 is 1.90 bits per heavy atom. The van der Waals surface area contributed by atoms with Gasteiger partial charge in [0.1, 0.15) is 0 Å². The minimum absolute atomic E-state index is 0.403. The summed E-state index contributed by atoms with van der Waals surface area (Å²) >= 11 is 0. The fraction of sp³-hybridized carbons (Fsp3) is 1.00. The number of fused-ring (bicyclic) bond motifs is 1. The highest BCUT2D eigenvalue weighted by molar-refractivity contribution is 5.02. The van der Waals surface area contributed by atoms with E-state index in [4.69, 9.17) is 5.73 Å². The number of nitrogens with one attached hydrogen (secondary N) is 2. The SMILES string of the molecule is NCC12CNCC1CNC2. The highest BCUT2D eigenvalue weighted by Gasteiger charge is 2.44. The van der Waals surface area contributed by atoms with E-state index in [9.17, 15) is 0 Å².